The van der Waals surface area contributed by atoms with Gasteiger partial charge < -0.3 is 10.9 Å². The van der Waals surface area contributed by atoms with Crippen LogP contribution in [0, 0.1) is 0 Å². The maximum Gasteiger partial charge on any atom is 0.332 e. The lowest BCUT2D eigenvalue weighted by atomic mass is 10.2. The van der Waals surface area contributed by atoms with E-state index in [1.54, 1.807) is 4.57 Å². The normalized spacial score (nSPS) is 13.8. The molecule has 0 saturated carbocycles. The van der Waals surface area contributed by atoms with Gasteiger partial charge in [0.2, 0.25) is 0 Å². The summed E-state index contributed by atoms with van der Waals surface area (Å²) in [5.74, 6) is 0.544. The second kappa shape index (κ2) is 8.84. The Kier molecular flexibility index (Phi) is 6.81. The number of aliphatic imine (C=N–C) groups is 1. The van der Waals surface area contributed by atoms with E-state index in [1.807, 2.05) is 0 Å². The summed E-state index contributed by atoms with van der Waals surface area (Å²) in [7, 11) is 0. The minimum Gasteiger partial charge on any atom is -0.409 e. The van der Waals surface area contributed by atoms with Crippen molar-refractivity contribution < 1.29 is 5.21 Å². The predicted molar refractivity (Wildman–Crippen MR) is 98.4 cm³/mol. The smallest absolute Gasteiger partial charge is 0.332 e. The van der Waals surface area contributed by atoms with E-state index in [1.165, 1.54) is 4.57 Å². The van der Waals surface area contributed by atoms with Gasteiger partial charge in [-0.2, -0.15) is 0 Å². The van der Waals surface area contributed by atoms with Crippen LogP contribution < -0.4 is 17.0 Å². The maximum absolute atomic E-state index is 12.8. The number of fused-ring (bicyclic) bond motifs is 1. The lowest BCUT2D eigenvalue weighted by Crippen LogP contribution is -2.41. The number of nitrogens with zero attached hydrogens (tertiary/aromatic N) is 4. The fourth-order valence-electron chi connectivity index (χ4n) is 2.87. The number of hydrogen-bond donors (Lipinski definition) is 2. The van der Waals surface area contributed by atoms with Crippen molar-refractivity contribution >= 4 is 28.4 Å². The monoisotopic (exact) mass is 369 g/mol. The van der Waals surface area contributed by atoms with Crippen molar-refractivity contribution in [2.45, 2.75) is 65.0 Å². The molecule has 3 N–H and O–H groups in total. The summed E-state index contributed by atoms with van der Waals surface area (Å²) < 4.78 is 2.81. The van der Waals surface area contributed by atoms with Gasteiger partial charge in [-0.3, -0.25) is 13.9 Å². The highest BCUT2D eigenvalue weighted by Gasteiger charge is 2.24. The maximum atomic E-state index is 12.8. The van der Waals surface area contributed by atoms with E-state index in [4.69, 9.17) is 22.5 Å². The third-order valence-corrected chi connectivity index (χ3v) is 4.44. The molecule has 1 aliphatic heterocycles. The molecule has 0 fully saturated rings. The van der Waals surface area contributed by atoms with E-state index in [2.05, 4.69) is 17.1 Å². The first-order valence-electron chi connectivity index (χ1n) is 8.55. The highest BCUT2D eigenvalue weighted by atomic mass is 35.5. The van der Waals surface area contributed by atoms with Crippen molar-refractivity contribution in [3.05, 3.63) is 26.4 Å². The molecule has 0 spiro atoms. The van der Waals surface area contributed by atoms with Crippen LogP contribution in [-0.4, -0.2) is 25.3 Å². The molecule has 25 heavy (non-hydrogen) atoms. The molecule has 8 nitrogen and oxygen atoms in total. The van der Waals surface area contributed by atoms with Crippen LogP contribution in [0.3, 0.4) is 0 Å². The summed E-state index contributed by atoms with van der Waals surface area (Å²) >= 11 is 6.00. The van der Waals surface area contributed by atoms with Crippen molar-refractivity contribution in [1.82, 2.24) is 9.13 Å². The van der Waals surface area contributed by atoms with Crippen LogP contribution in [0.2, 0.25) is 0 Å². The van der Waals surface area contributed by atoms with Gasteiger partial charge in [-0.1, -0.05) is 36.5 Å². The highest BCUT2D eigenvalue weighted by Crippen LogP contribution is 2.24. The first-order valence-corrected chi connectivity index (χ1v) is 8.93. The summed E-state index contributed by atoms with van der Waals surface area (Å²) in [6.07, 6.45) is 4.76. The third kappa shape index (κ3) is 4.50. The van der Waals surface area contributed by atoms with Crippen molar-refractivity contribution in [2.75, 3.05) is 0 Å². The molecule has 0 aromatic carbocycles. The van der Waals surface area contributed by atoms with E-state index in [9.17, 15) is 9.59 Å². The van der Waals surface area contributed by atoms with Crippen LogP contribution in [0.25, 0.3) is 0 Å². The Morgan fingerprint density at radius 1 is 1.24 bits per heavy atom. The molecule has 0 aliphatic carbocycles. The first-order chi connectivity index (χ1) is 12.0. The molecule has 0 amide bonds. The third-order valence-electron chi connectivity index (χ3n) is 4.22. The summed E-state index contributed by atoms with van der Waals surface area (Å²) in [5.41, 5.74) is 5.24. The first kappa shape index (κ1) is 19.2. The molecule has 1 aromatic rings. The van der Waals surface area contributed by atoms with Gasteiger partial charge in [0.05, 0.1) is 5.56 Å². The molecule has 138 valence electrons. The lowest BCUT2D eigenvalue weighted by Gasteiger charge is -2.14. The summed E-state index contributed by atoms with van der Waals surface area (Å²) in [6, 6.07) is 0. The van der Waals surface area contributed by atoms with Crippen LogP contribution >= 0.6 is 11.6 Å². The Balaban J connectivity index is 2.26. The molecule has 1 aliphatic rings. The molecule has 2 heterocycles. The fraction of sp³-hybridized carbons (Fsp3) is 0.625. The molecule has 9 heteroatoms. The molecule has 0 bridgehead atoms. The van der Waals surface area contributed by atoms with E-state index in [0.717, 1.165) is 19.3 Å². The Labute approximate surface area is 150 Å². The minimum atomic E-state index is -0.348. The Hall–Kier alpha value is -2.09. The zero-order valence-electron chi connectivity index (χ0n) is 14.4. The SMILES string of the molecule is CCCCCn1c2c(c(=O)n(CCCC/C(N)=N\O)c1=O)CC(Cl)=N2. The molecular weight excluding hydrogens is 346 g/mol. The van der Waals surface area contributed by atoms with Gasteiger partial charge >= 0.3 is 5.69 Å². The molecular formula is C16H24ClN5O3. The highest BCUT2D eigenvalue weighted by molar-refractivity contribution is 6.66. The largest absolute Gasteiger partial charge is 0.409 e. The van der Waals surface area contributed by atoms with Crippen LogP contribution in [0.4, 0.5) is 5.82 Å². The zero-order valence-corrected chi connectivity index (χ0v) is 15.1. The summed E-state index contributed by atoms with van der Waals surface area (Å²) in [5, 5.41) is 11.8. The van der Waals surface area contributed by atoms with Crippen LogP contribution in [0.5, 0.6) is 0 Å². The van der Waals surface area contributed by atoms with Crippen LogP contribution in [0.1, 0.15) is 51.0 Å². The minimum absolute atomic E-state index is 0.137. The van der Waals surface area contributed by atoms with Crippen LogP contribution in [0.15, 0.2) is 19.7 Å². The Morgan fingerprint density at radius 2 is 1.92 bits per heavy atom. The number of amidine groups is 1. The lowest BCUT2D eigenvalue weighted by molar-refractivity contribution is 0.316. The standard InChI is InChI=1S/C16H24ClN5O3/c1-2-3-5-8-21-14-11(10-12(17)19-14)15(23)22(16(21)24)9-6-4-7-13(18)20-25/h25H,2-10H2,1H3,(H2,18,20). The molecule has 0 saturated heterocycles. The van der Waals surface area contributed by atoms with Crippen molar-refractivity contribution in [2.24, 2.45) is 15.9 Å². The van der Waals surface area contributed by atoms with Crippen molar-refractivity contribution in [1.29, 1.82) is 0 Å². The molecule has 0 radical (unpaired) electrons. The van der Waals surface area contributed by atoms with Gasteiger partial charge in [-0.05, 0) is 19.3 Å². The number of aromatic nitrogens is 2. The summed E-state index contributed by atoms with van der Waals surface area (Å²) in [6.45, 7) is 2.90. The number of nitrogens with two attached hydrogens (primary N) is 1. The number of hydrogen-bond acceptors (Lipinski definition) is 5. The molecule has 2 rings (SSSR count). The average molecular weight is 370 g/mol. The van der Waals surface area contributed by atoms with Gasteiger partial charge in [0, 0.05) is 25.9 Å². The number of oxime groups is 1. The number of rotatable bonds is 9. The van der Waals surface area contributed by atoms with Gasteiger partial charge in [-0.15, -0.1) is 0 Å². The van der Waals surface area contributed by atoms with Gasteiger partial charge in [0.25, 0.3) is 5.56 Å². The van der Waals surface area contributed by atoms with Crippen molar-refractivity contribution in [3.8, 4) is 0 Å². The number of halogens is 1. The summed E-state index contributed by atoms with van der Waals surface area (Å²) in [4.78, 5) is 29.6. The van der Waals surface area contributed by atoms with Gasteiger partial charge in [-0.25, -0.2) is 9.79 Å². The average Bonchev–Trinajstić information content (AvgIpc) is 2.98. The van der Waals surface area contributed by atoms with E-state index in [0.29, 0.717) is 42.4 Å². The van der Waals surface area contributed by atoms with Crippen molar-refractivity contribution in [3.63, 3.8) is 0 Å². The zero-order chi connectivity index (χ0) is 18.4. The molecule has 0 unspecified atom stereocenters. The second-order valence-electron chi connectivity index (χ2n) is 6.11. The van der Waals surface area contributed by atoms with Crippen LogP contribution in [-0.2, 0) is 19.5 Å². The topological polar surface area (TPSA) is 115 Å². The molecule has 0 atom stereocenters. The Morgan fingerprint density at radius 3 is 2.60 bits per heavy atom. The molecule has 1 aromatic heterocycles. The fourth-order valence-corrected chi connectivity index (χ4v) is 3.09. The van der Waals surface area contributed by atoms with Gasteiger partial charge in [0.15, 0.2) is 0 Å². The quantitative estimate of drug-likeness (QED) is 0.227. The van der Waals surface area contributed by atoms with E-state index < -0.39 is 0 Å². The predicted octanol–water partition coefficient (Wildman–Crippen LogP) is 1.94. The van der Waals surface area contributed by atoms with Gasteiger partial charge in [0.1, 0.15) is 16.8 Å². The Bertz CT molecular complexity index is 794. The van der Waals surface area contributed by atoms with E-state index >= 15 is 0 Å². The number of unbranched alkanes of at least 4 members (excludes halogenated alkanes) is 3. The van der Waals surface area contributed by atoms with E-state index in [-0.39, 0.29) is 30.1 Å². The second-order valence-corrected chi connectivity index (χ2v) is 6.55.